The van der Waals surface area contributed by atoms with Gasteiger partial charge in [0.2, 0.25) is 0 Å². The first-order chi connectivity index (χ1) is 9.78. The standard InChI is InChI=1S/C19H28BrO/c1-6-7-8-11-21-17-13-15-14(12-16(17)20)18(2,3)9-10-19(15,4)5/h12-13H,1,6-11H2,2-5H3. The van der Waals surface area contributed by atoms with E-state index in [0.717, 1.165) is 36.1 Å². The fourth-order valence-corrected chi connectivity index (χ4v) is 3.60. The maximum absolute atomic E-state index is 5.99. The molecule has 0 amide bonds. The van der Waals surface area contributed by atoms with Crippen LogP contribution >= 0.6 is 15.9 Å². The number of halogens is 1. The highest BCUT2D eigenvalue weighted by Crippen LogP contribution is 2.48. The fraction of sp³-hybridized carbons (Fsp3) is 0.632. The van der Waals surface area contributed by atoms with E-state index in [9.17, 15) is 0 Å². The van der Waals surface area contributed by atoms with Crippen molar-refractivity contribution in [1.29, 1.82) is 0 Å². The highest BCUT2D eigenvalue weighted by Gasteiger charge is 2.37. The van der Waals surface area contributed by atoms with E-state index in [1.807, 2.05) is 0 Å². The summed E-state index contributed by atoms with van der Waals surface area (Å²) in [6.45, 7) is 14.0. The zero-order valence-corrected chi connectivity index (χ0v) is 15.5. The van der Waals surface area contributed by atoms with Gasteiger partial charge in [-0.25, -0.2) is 0 Å². The van der Waals surface area contributed by atoms with Crippen LogP contribution in [0.1, 0.15) is 70.9 Å². The van der Waals surface area contributed by atoms with Gasteiger partial charge in [-0.1, -0.05) is 47.5 Å². The van der Waals surface area contributed by atoms with Crippen LogP contribution in [0, 0.1) is 6.92 Å². The van der Waals surface area contributed by atoms with Crippen molar-refractivity contribution < 1.29 is 4.74 Å². The van der Waals surface area contributed by atoms with E-state index in [0.29, 0.717) is 0 Å². The maximum Gasteiger partial charge on any atom is 0.133 e. The van der Waals surface area contributed by atoms with Gasteiger partial charge in [-0.3, -0.25) is 0 Å². The molecule has 117 valence electrons. The van der Waals surface area contributed by atoms with Crippen molar-refractivity contribution in [3.05, 3.63) is 34.7 Å². The molecule has 1 aromatic rings. The molecule has 0 spiro atoms. The molecular weight excluding hydrogens is 324 g/mol. The molecule has 2 rings (SSSR count). The first-order valence-corrected chi connectivity index (χ1v) is 8.84. The van der Waals surface area contributed by atoms with Crippen molar-refractivity contribution in [2.24, 2.45) is 0 Å². The van der Waals surface area contributed by atoms with Gasteiger partial charge in [0.15, 0.2) is 0 Å². The highest BCUT2D eigenvalue weighted by molar-refractivity contribution is 9.10. The Balaban J connectivity index is 2.31. The quantitative estimate of drug-likeness (QED) is 0.575. The number of benzene rings is 1. The Kier molecular flexibility index (Phi) is 5.07. The molecule has 0 fully saturated rings. The van der Waals surface area contributed by atoms with Crippen molar-refractivity contribution in [2.75, 3.05) is 6.61 Å². The van der Waals surface area contributed by atoms with Crippen LogP contribution < -0.4 is 4.74 Å². The van der Waals surface area contributed by atoms with Crippen LogP contribution in [-0.4, -0.2) is 6.61 Å². The molecule has 0 aliphatic heterocycles. The van der Waals surface area contributed by atoms with Gasteiger partial charge in [0, 0.05) is 0 Å². The molecule has 1 nitrogen and oxygen atoms in total. The Labute approximate surface area is 138 Å². The summed E-state index contributed by atoms with van der Waals surface area (Å²) in [5.41, 5.74) is 3.40. The van der Waals surface area contributed by atoms with E-state index >= 15 is 0 Å². The van der Waals surface area contributed by atoms with Gasteiger partial charge in [-0.2, -0.15) is 0 Å². The van der Waals surface area contributed by atoms with Gasteiger partial charge in [-0.05, 0) is 69.3 Å². The van der Waals surface area contributed by atoms with Gasteiger partial charge >= 0.3 is 0 Å². The van der Waals surface area contributed by atoms with Gasteiger partial charge in [-0.15, -0.1) is 0 Å². The first-order valence-electron chi connectivity index (χ1n) is 8.04. The van der Waals surface area contributed by atoms with E-state index in [1.54, 1.807) is 0 Å². The monoisotopic (exact) mass is 351 g/mol. The Morgan fingerprint density at radius 2 is 1.62 bits per heavy atom. The lowest BCUT2D eigenvalue weighted by molar-refractivity contribution is 0.298. The van der Waals surface area contributed by atoms with Gasteiger partial charge in [0.05, 0.1) is 11.1 Å². The number of ether oxygens (including phenoxy) is 1. The van der Waals surface area contributed by atoms with Gasteiger partial charge in [0.25, 0.3) is 0 Å². The third-order valence-corrected chi connectivity index (χ3v) is 5.43. The topological polar surface area (TPSA) is 9.23 Å². The smallest absolute Gasteiger partial charge is 0.133 e. The second kappa shape index (κ2) is 6.32. The highest BCUT2D eigenvalue weighted by atomic mass is 79.9. The Morgan fingerprint density at radius 1 is 1.05 bits per heavy atom. The summed E-state index contributed by atoms with van der Waals surface area (Å²) in [7, 11) is 0. The lowest BCUT2D eigenvalue weighted by Gasteiger charge is -2.42. The molecule has 0 heterocycles. The lowest BCUT2D eigenvalue weighted by Crippen LogP contribution is -2.33. The van der Waals surface area contributed by atoms with Crippen LogP contribution in [0.5, 0.6) is 5.75 Å². The number of fused-ring (bicyclic) bond motifs is 1. The average Bonchev–Trinajstić information content (AvgIpc) is 2.41. The molecular formula is C19H28BrO. The minimum Gasteiger partial charge on any atom is -0.492 e. The van der Waals surface area contributed by atoms with Crippen molar-refractivity contribution >= 4 is 15.9 Å². The lowest BCUT2D eigenvalue weighted by atomic mass is 9.63. The summed E-state index contributed by atoms with van der Waals surface area (Å²) < 4.78 is 7.08. The predicted octanol–water partition coefficient (Wildman–Crippen LogP) is 6.18. The minimum atomic E-state index is 0.233. The zero-order valence-electron chi connectivity index (χ0n) is 13.9. The number of hydrogen-bond acceptors (Lipinski definition) is 1. The summed E-state index contributed by atoms with van der Waals surface area (Å²) in [5, 5.41) is 0. The second-order valence-corrected chi connectivity index (χ2v) is 8.36. The van der Waals surface area contributed by atoms with E-state index in [-0.39, 0.29) is 10.8 Å². The number of rotatable bonds is 5. The predicted molar refractivity (Wildman–Crippen MR) is 94.1 cm³/mol. The molecule has 1 aliphatic rings. The van der Waals surface area contributed by atoms with Crippen molar-refractivity contribution in [1.82, 2.24) is 0 Å². The zero-order chi connectivity index (χ0) is 15.7. The molecule has 0 unspecified atom stereocenters. The number of unbranched alkanes of at least 4 members (excludes halogenated alkanes) is 2. The second-order valence-electron chi connectivity index (χ2n) is 7.51. The third kappa shape index (κ3) is 3.64. The molecule has 0 saturated carbocycles. The van der Waals surface area contributed by atoms with Crippen molar-refractivity contribution in [2.45, 2.75) is 70.6 Å². The van der Waals surface area contributed by atoms with Crippen LogP contribution in [-0.2, 0) is 10.8 Å². The number of hydrogen-bond donors (Lipinski definition) is 0. The normalized spacial score (nSPS) is 19.1. The summed E-state index contributed by atoms with van der Waals surface area (Å²) in [6.07, 6.45) is 5.65. The van der Waals surface area contributed by atoms with Crippen LogP contribution in [0.15, 0.2) is 16.6 Å². The summed E-state index contributed by atoms with van der Waals surface area (Å²) >= 11 is 3.70. The first kappa shape index (κ1) is 16.9. The summed E-state index contributed by atoms with van der Waals surface area (Å²) in [6, 6.07) is 4.55. The average molecular weight is 352 g/mol. The van der Waals surface area contributed by atoms with Crippen LogP contribution in [0.4, 0.5) is 0 Å². The SMILES string of the molecule is [CH2]CCCCOc1cc2c(cc1Br)C(C)(C)CCC2(C)C. The molecule has 0 aromatic heterocycles. The molecule has 1 aliphatic carbocycles. The molecule has 21 heavy (non-hydrogen) atoms. The van der Waals surface area contributed by atoms with E-state index < -0.39 is 0 Å². The maximum atomic E-state index is 5.99. The Bertz CT molecular complexity index is 503. The van der Waals surface area contributed by atoms with Gasteiger partial charge in [0.1, 0.15) is 5.75 Å². The van der Waals surface area contributed by atoms with Crippen LogP contribution in [0.3, 0.4) is 0 Å². The molecule has 0 atom stereocenters. The van der Waals surface area contributed by atoms with E-state index in [2.05, 4.69) is 62.7 Å². The van der Waals surface area contributed by atoms with Crippen molar-refractivity contribution in [3.8, 4) is 5.75 Å². The third-order valence-electron chi connectivity index (χ3n) is 4.81. The molecule has 1 aromatic carbocycles. The molecule has 0 saturated heterocycles. The van der Waals surface area contributed by atoms with E-state index in [1.165, 1.54) is 24.0 Å². The van der Waals surface area contributed by atoms with Crippen LogP contribution in [0.2, 0.25) is 0 Å². The summed E-state index contributed by atoms with van der Waals surface area (Å²) in [5.74, 6) is 0.989. The molecule has 2 heteroatoms. The Morgan fingerprint density at radius 3 is 2.19 bits per heavy atom. The van der Waals surface area contributed by atoms with E-state index in [4.69, 9.17) is 4.74 Å². The largest absolute Gasteiger partial charge is 0.492 e. The fourth-order valence-electron chi connectivity index (χ4n) is 3.14. The molecule has 0 bridgehead atoms. The van der Waals surface area contributed by atoms with Crippen molar-refractivity contribution in [3.63, 3.8) is 0 Å². The van der Waals surface area contributed by atoms with Gasteiger partial charge < -0.3 is 4.74 Å². The van der Waals surface area contributed by atoms with Crippen LogP contribution in [0.25, 0.3) is 0 Å². The summed E-state index contributed by atoms with van der Waals surface area (Å²) in [4.78, 5) is 0. The molecule has 1 radical (unpaired) electrons. The molecule has 0 N–H and O–H groups in total. The Hall–Kier alpha value is -0.500. The minimum absolute atomic E-state index is 0.233.